The highest BCUT2D eigenvalue weighted by atomic mass is 16.1. The van der Waals surface area contributed by atoms with Gasteiger partial charge in [0.2, 0.25) is 5.91 Å². The normalized spacial score (nSPS) is 14.1. The third-order valence-corrected chi connectivity index (χ3v) is 3.83. The number of carbonyl (C=O) groups is 1. The van der Waals surface area contributed by atoms with Crippen LogP contribution in [0.4, 0.5) is 0 Å². The SMILES string of the molecule is CCCNC(C)(CCN(C)CCc1ccncc1)C(N)=O. The van der Waals surface area contributed by atoms with E-state index in [2.05, 4.69) is 29.2 Å². The molecule has 0 saturated carbocycles. The second-order valence-electron chi connectivity index (χ2n) is 5.78. The Balaban J connectivity index is 2.39. The third kappa shape index (κ3) is 6.23. The summed E-state index contributed by atoms with van der Waals surface area (Å²) in [7, 11) is 2.07. The quantitative estimate of drug-likeness (QED) is 0.679. The monoisotopic (exact) mass is 292 g/mol. The number of primary amides is 1. The number of nitrogens with one attached hydrogen (secondary N) is 1. The number of nitrogens with zero attached hydrogens (tertiary/aromatic N) is 2. The van der Waals surface area contributed by atoms with Crippen LogP contribution >= 0.6 is 0 Å². The lowest BCUT2D eigenvalue weighted by atomic mass is 9.96. The number of pyridine rings is 1. The van der Waals surface area contributed by atoms with Crippen LogP contribution < -0.4 is 11.1 Å². The summed E-state index contributed by atoms with van der Waals surface area (Å²) in [5, 5.41) is 3.26. The molecule has 0 spiro atoms. The van der Waals surface area contributed by atoms with Gasteiger partial charge in [-0.05, 0) is 57.5 Å². The van der Waals surface area contributed by atoms with E-state index in [4.69, 9.17) is 5.73 Å². The second-order valence-corrected chi connectivity index (χ2v) is 5.78. The Morgan fingerprint density at radius 1 is 1.38 bits per heavy atom. The van der Waals surface area contributed by atoms with Crippen LogP contribution in [0.1, 0.15) is 32.3 Å². The zero-order valence-corrected chi connectivity index (χ0v) is 13.4. The minimum atomic E-state index is -0.624. The van der Waals surface area contributed by atoms with Gasteiger partial charge in [-0.1, -0.05) is 6.92 Å². The molecule has 1 rings (SSSR count). The highest BCUT2D eigenvalue weighted by Crippen LogP contribution is 2.10. The maximum Gasteiger partial charge on any atom is 0.237 e. The minimum absolute atomic E-state index is 0.279. The molecular weight excluding hydrogens is 264 g/mol. The highest BCUT2D eigenvalue weighted by Gasteiger charge is 2.29. The molecule has 0 bridgehead atoms. The second kappa shape index (κ2) is 8.74. The summed E-state index contributed by atoms with van der Waals surface area (Å²) in [6.07, 6.45) is 6.31. The molecule has 1 aromatic heterocycles. The topological polar surface area (TPSA) is 71.2 Å². The molecule has 0 fully saturated rings. The molecule has 0 aliphatic carbocycles. The summed E-state index contributed by atoms with van der Waals surface area (Å²) in [4.78, 5) is 17.9. The average molecular weight is 292 g/mol. The fourth-order valence-corrected chi connectivity index (χ4v) is 2.10. The van der Waals surface area contributed by atoms with Crippen molar-refractivity contribution in [1.29, 1.82) is 0 Å². The van der Waals surface area contributed by atoms with E-state index in [1.807, 2.05) is 31.5 Å². The Kier molecular flexibility index (Phi) is 7.32. The van der Waals surface area contributed by atoms with Crippen molar-refractivity contribution in [1.82, 2.24) is 15.2 Å². The molecule has 1 atom stereocenters. The van der Waals surface area contributed by atoms with Crippen molar-refractivity contribution < 1.29 is 4.79 Å². The van der Waals surface area contributed by atoms with E-state index in [0.29, 0.717) is 0 Å². The van der Waals surface area contributed by atoms with Gasteiger partial charge in [-0.2, -0.15) is 0 Å². The van der Waals surface area contributed by atoms with Crippen molar-refractivity contribution in [2.45, 2.75) is 38.6 Å². The molecule has 3 N–H and O–H groups in total. The largest absolute Gasteiger partial charge is 0.368 e. The van der Waals surface area contributed by atoms with Crippen LogP contribution in [0.15, 0.2) is 24.5 Å². The fourth-order valence-electron chi connectivity index (χ4n) is 2.10. The van der Waals surface area contributed by atoms with Crippen LogP contribution in [0.5, 0.6) is 0 Å². The van der Waals surface area contributed by atoms with Gasteiger partial charge in [-0.25, -0.2) is 0 Å². The summed E-state index contributed by atoms with van der Waals surface area (Å²) in [5.74, 6) is -0.279. The lowest BCUT2D eigenvalue weighted by Crippen LogP contribution is -2.54. The van der Waals surface area contributed by atoms with Crippen LogP contribution in [0.3, 0.4) is 0 Å². The molecule has 0 aromatic carbocycles. The molecule has 5 nitrogen and oxygen atoms in total. The first kappa shape index (κ1) is 17.6. The number of aromatic nitrogens is 1. The van der Waals surface area contributed by atoms with Crippen molar-refractivity contribution in [3.05, 3.63) is 30.1 Å². The molecule has 0 aliphatic rings. The first-order valence-electron chi connectivity index (χ1n) is 7.60. The number of rotatable bonds is 10. The fraction of sp³-hybridized carbons (Fsp3) is 0.625. The van der Waals surface area contributed by atoms with Crippen LogP contribution in [0, 0.1) is 0 Å². The van der Waals surface area contributed by atoms with Crippen LogP contribution in [0.2, 0.25) is 0 Å². The molecule has 1 amide bonds. The van der Waals surface area contributed by atoms with E-state index in [0.717, 1.165) is 38.9 Å². The lowest BCUT2D eigenvalue weighted by Gasteiger charge is -2.29. The maximum atomic E-state index is 11.7. The van der Waals surface area contributed by atoms with Crippen LogP contribution in [-0.4, -0.2) is 48.0 Å². The van der Waals surface area contributed by atoms with Gasteiger partial charge in [-0.3, -0.25) is 9.78 Å². The van der Waals surface area contributed by atoms with Crippen molar-refractivity contribution in [3.63, 3.8) is 0 Å². The van der Waals surface area contributed by atoms with Crippen molar-refractivity contribution in [3.8, 4) is 0 Å². The smallest absolute Gasteiger partial charge is 0.237 e. The molecule has 0 radical (unpaired) electrons. The maximum absolute atomic E-state index is 11.7. The molecule has 5 heteroatoms. The molecular formula is C16H28N4O. The zero-order valence-electron chi connectivity index (χ0n) is 13.4. The average Bonchev–Trinajstić information content (AvgIpc) is 2.49. The van der Waals surface area contributed by atoms with Gasteiger partial charge >= 0.3 is 0 Å². The van der Waals surface area contributed by atoms with Crippen LogP contribution in [0.25, 0.3) is 0 Å². The number of nitrogens with two attached hydrogens (primary N) is 1. The van der Waals surface area contributed by atoms with Gasteiger partial charge in [0.15, 0.2) is 0 Å². The molecule has 1 aromatic rings. The molecule has 0 saturated heterocycles. The molecule has 1 heterocycles. The summed E-state index contributed by atoms with van der Waals surface area (Å²) in [6, 6.07) is 4.06. The Labute approximate surface area is 127 Å². The molecule has 21 heavy (non-hydrogen) atoms. The minimum Gasteiger partial charge on any atom is -0.368 e. The first-order valence-corrected chi connectivity index (χ1v) is 7.60. The first-order chi connectivity index (χ1) is 9.98. The van der Waals surface area contributed by atoms with E-state index in [-0.39, 0.29) is 5.91 Å². The van der Waals surface area contributed by atoms with Gasteiger partial charge < -0.3 is 16.0 Å². The summed E-state index contributed by atoms with van der Waals surface area (Å²) in [5.41, 5.74) is 6.19. The van der Waals surface area contributed by atoms with E-state index < -0.39 is 5.54 Å². The van der Waals surface area contributed by atoms with Gasteiger partial charge in [0.1, 0.15) is 0 Å². The third-order valence-electron chi connectivity index (χ3n) is 3.83. The summed E-state index contributed by atoms with van der Waals surface area (Å²) in [6.45, 7) is 6.56. The lowest BCUT2D eigenvalue weighted by molar-refractivity contribution is -0.124. The van der Waals surface area contributed by atoms with E-state index in [1.54, 1.807) is 0 Å². The number of carbonyl (C=O) groups excluding carboxylic acids is 1. The van der Waals surface area contributed by atoms with Gasteiger partial charge in [0.25, 0.3) is 0 Å². The molecule has 118 valence electrons. The van der Waals surface area contributed by atoms with Crippen molar-refractivity contribution >= 4 is 5.91 Å². The van der Waals surface area contributed by atoms with E-state index in [9.17, 15) is 4.79 Å². The van der Waals surface area contributed by atoms with E-state index >= 15 is 0 Å². The van der Waals surface area contributed by atoms with E-state index in [1.165, 1.54) is 5.56 Å². The van der Waals surface area contributed by atoms with Crippen LogP contribution in [-0.2, 0) is 11.2 Å². The standard InChI is InChI=1S/C16H28N4O/c1-4-9-19-16(2,15(17)21)8-13-20(3)12-7-14-5-10-18-11-6-14/h5-6,10-11,19H,4,7-9,12-13H2,1-3H3,(H2,17,21). The zero-order chi connectivity index (χ0) is 15.7. The number of hydrogen-bond acceptors (Lipinski definition) is 4. The Bertz CT molecular complexity index is 424. The summed E-state index contributed by atoms with van der Waals surface area (Å²) >= 11 is 0. The predicted molar refractivity (Wildman–Crippen MR) is 85.9 cm³/mol. The Morgan fingerprint density at radius 3 is 2.62 bits per heavy atom. The van der Waals surface area contributed by atoms with Gasteiger partial charge in [-0.15, -0.1) is 0 Å². The van der Waals surface area contributed by atoms with Crippen molar-refractivity contribution in [2.75, 3.05) is 26.7 Å². The predicted octanol–water partition coefficient (Wildman–Crippen LogP) is 1.19. The molecule has 0 aliphatic heterocycles. The Hall–Kier alpha value is -1.46. The van der Waals surface area contributed by atoms with Gasteiger partial charge in [0.05, 0.1) is 5.54 Å². The van der Waals surface area contributed by atoms with Gasteiger partial charge in [0, 0.05) is 25.5 Å². The molecule has 1 unspecified atom stereocenters. The number of amides is 1. The van der Waals surface area contributed by atoms with Crippen molar-refractivity contribution in [2.24, 2.45) is 5.73 Å². The summed E-state index contributed by atoms with van der Waals surface area (Å²) < 4.78 is 0. The Morgan fingerprint density at radius 2 is 2.05 bits per heavy atom. The number of likely N-dealkylation sites (N-methyl/N-ethyl adjacent to an activating group) is 1. The highest BCUT2D eigenvalue weighted by molar-refractivity contribution is 5.84. The number of hydrogen-bond donors (Lipinski definition) is 2.